The van der Waals surface area contributed by atoms with Crippen LogP contribution in [0.3, 0.4) is 0 Å². The van der Waals surface area contributed by atoms with E-state index in [1.54, 1.807) is 0 Å². The summed E-state index contributed by atoms with van der Waals surface area (Å²) in [5, 5.41) is 0. The lowest BCUT2D eigenvalue weighted by Gasteiger charge is -2.36. The molecule has 21 heavy (non-hydrogen) atoms. The summed E-state index contributed by atoms with van der Waals surface area (Å²) in [5.41, 5.74) is 0.893. The summed E-state index contributed by atoms with van der Waals surface area (Å²) in [7, 11) is 1.60. The van der Waals surface area contributed by atoms with Gasteiger partial charge in [-0.1, -0.05) is 30.3 Å². The van der Waals surface area contributed by atoms with E-state index < -0.39 is 15.1 Å². The largest absolute Gasteiger partial charge is 0.445 e. The monoisotopic (exact) mass is 331 g/mol. The Kier molecular flexibility index (Phi) is 5.47. The highest BCUT2D eigenvalue weighted by Crippen LogP contribution is 2.25. The number of amides is 1. The van der Waals surface area contributed by atoms with E-state index in [0.717, 1.165) is 24.8 Å². The quantitative estimate of drug-likeness (QED) is 0.752. The van der Waals surface area contributed by atoms with E-state index in [9.17, 15) is 13.2 Å². The minimum absolute atomic E-state index is 0.0618. The molecule has 1 aliphatic carbocycles. The number of carbonyl (C=O) groups excluding carboxylic acids is 1. The van der Waals surface area contributed by atoms with Gasteiger partial charge in [0, 0.05) is 23.3 Å². The van der Waals surface area contributed by atoms with Crippen LogP contribution >= 0.6 is 10.7 Å². The maximum Gasteiger partial charge on any atom is 0.410 e. The van der Waals surface area contributed by atoms with Crippen molar-refractivity contribution in [1.82, 2.24) is 4.90 Å². The highest BCUT2D eigenvalue weighted by atomic mass is 35.7. The summed E-state index contributed by atoms with van der Waals surface area (Å²) >= 11 is 0. The van der Waals surface area contributed by atoms with Crippen LogP contribution in [0.4, 0.5) is 4.79 Å². The average molecular weight is 332 g/mol. The zero-order valence-corrected chi connectivity index (χ0v) is 13.1. The number of carbonyl (C=O) groups is 1. The Morgan fingerprint density at radius 1 is 1.29 bits per heavy atom. The molecule has 2 rings (SSSR count). The van der Waals surface area contributed by atoms with Gasteiger partial charge in [-0.25, -0.2) is 13.2 Å². The van der Waals surface area contributed by atoms with Gasteiger partial charge in [-0.15, -0.1) is 0 Å². The van der Waals surface area contributed by atoms with Crippen LogP contribution in [0.2, 0.25) is 0 Å². The SMILES string of the molecule is O=C(OCc1ccccc1)N(CCS(=O)(=O)Cl)C1CCC1. The van der Waals surface area contributed by atoms with Crippen LogP contribution in [0.1, 0.15) is 24.8 Å². The molecule has 0 aliphatic heterocycles. The van der Waals surface area contributed by atoms with E-state index >= 15 is 0 Å². The predicted molar refractivity (Wildman–Crippen MR) is 80.6 cm³/mol. The lowest BCUT2D eigenvalue weighted by molar-refractivity contribution is 0.0653. The van der Waals surface area contributed by atoms with Crippen molar-refractivity contribution in [2.45, 2.75) is 31.9 Å². The van der Waals surface area contributed by atoms with Crippen LogP contribution < -0.4 is 0 Å². The third kappa shape index (κ3) is 5.21. The maximum absolute atomic E-state index is 12.1. The van der Waals surface area contributed by atoms with Gasteiger partial charge in [-0.3, -0.25) is 0 Å². The van der Waals surface area contributed by atoms with Gasteiger partial charge in [0.2, 0.25) is 9.05 Å². The average Bonchev–Trinajstić information content (AvgIpc) is 2.38. The molecule has 116 valence electrons. The highest BCUT2D eigenvalue weighted by Gasteiger charge is 2.30. The summed E-state index contributed by atoms with van der Waals surface area (Å²) < 4.78 is 27.4. The smallest absolute Gasteiger partial charge is 0.410 e. The Hall–Kier alpha value is -1.27. The molecule has 0 heterocycles. The van der Waals surface area contributed by atoms with E-state index in [1.165, 1.54) is 4.90 Å². The number of hydrogen-bond acceptors (Lipinski definition) is 4. The molecule has 0 aromatic heterocycles. The van der Waals surface area contributed by atoms with E-state index in [-0.39, 0.29) is 24.9 Å². The van der Waals surface area contributed by atoms with Gasteiger partial charge in [0.05, 0.1) is 5.75 Å². The summed E-state index contributed by atoms with van der Waals surface area (Å²) in [4.78, 5) is 13.6. The van der Waals surface area contributed by atoms with Gasteiger partial charge < -0.3 is 9.64 Å². The molecular weight excluding hydrogens is 314 g/mol. The van der Waals surface area contributed by atoms with Crippen LogP contribution in [0.25, 0.3) is 0 Å². The van der Waals surface area contributed by atoms with Crippen LogP contribution in [0.15, 0.2) is 30.3 Å². The number of rotatable bonds is 6. The Morgan fingerprint density at radius 3 is 2.48 bits per heavy atom. The Morgan fingerprint density at radius 2 is 1.95 bits per heavy atom. The molecule has 5 nitrogen and oxygen atoms in total. The van der Waals surface area contributed by atoms with Crippen molar-refractivity contribution in [1.29, 1.82) is 0 Å². The number of nitrogens with zero attached hydrogens (tertiary/aromatic N) is 1. The Bertz CT molecular complexity index is 572. The third-order valence-corrected chi connectivity index (χ3v) is 4.66. The topological polar surface area (TPSA) is 63.7 Å². The van der Waals surface area contributed by atoms with Gasteiger partial charge in [0.15, 0.2) is 0 Å². The predicted octanol–water partition coefficient (Wildman–Crippen LogP) is 2.75. The molecule has 1 amide bonds. The maximum atomic E-state index is 12.1. The first kappa shape index (κ1) is 16.1. The second-order valence-electron chi connectivity index (χ2n) is 5.06. The van der Waals surface area contributed by atoms with Crippen molar-refractivity contribution in [2.75, 3.05) is 12.3 Å². The van der Waals surface area contributed by atoms with Crippen molar-refractivity contribution >= 4 is 25.8 Å². The van der Waals surface area contributed by atoms with Crippen molar-refractivity contribution in [3.05, 3.63) is 35.9 Å². The zero-order valence-electron chi connectivity index (χ0n) is 11.6. The third-order valence-electron chi connectivity index (χ3n) is 3.53. The molecule has 0 unspecified atom stereocenters. The number of benzene rings is 1. The molecule has 1 aliphatic rings. The number of hydrogen-bond donors (Lipinski definition) is 0. The highest BCUT2D eigenvalue weighted by molar-refractivity contribution is 8.13. The van der Waals surface area contributed by atoms with Gasteiger partial charge >= 0.3 is 6.09 Å². The lowest BCUT2D eigenvalue weighted by atomic mass is 9.92. The van der Waals surface area contributed by atoms with Crippen molar-refractivity contribution in [3.63, 3.8) is 0 Å². The Labute approximate surface area is 129 Å². The second kappa shape index (κ2) is 7.13. The van der Waals surface area contributed by atoms with Gasteiger partial charge in [0.25, 0.3) is 0 Å². The molecule has 0 spiro atoms. The normalized spacial score (nSPS) is 15.3. The molecular formula is C14H18ClNO4S. The molecule has 1 aromatic carbocycles. The van der Waals surface area contributed by atoms with Gasteiger partial charge in [-0.05, 0) is 24.8 Å². The first-order valence-corrected chi connectivity index (χ1v) is 9.33. The molecule has 0 N–H and O–H groups in total. The summed E-state index contributed by atoms with van der Waals surface area (Å²) in [6, 6.07) is 9.41. The summed E-state index contributed by atoms with van der Waals surface area (Å²) in [6.07, 6.45) is 2.32. The molecule has 0 saturated heterocycles. The fraction of sp³-hybridized carbons (Fsp3) is 0.500. The second-order valence-corrected chi connectivity index (χ2v) is 7.96. The van der Waals surface area contributed by atoms with Crippen LogP contribution in [-0.2, 0) is 20.4 Å². The van der Waals surface area contributed by atoms with Crippen LogP contribution in [-0.4, -0.2) is 37.8 Å². The first-order valence-electron chi connectivity index (χ1n) is 6.85. The summed E-state index contributed by atoms with van der Waals surface area (Å²) in [6.45, 7) is 0.251. The van der Waals surface area contributed by atoms with Crippen molar-refractivity contribution < 1.29 is 17.9 Å². The molecule has 7 heteroatoms. The minimum Gasteiger partial charge on any atom is -0.445 e. The van der Waals surface area contributed by atoms with Gasteiger partial charge in [-0.2, -0.15) is 0 Å². The fourth-order valence-electron chi connectivity index (χ4n) is 2.13. The standard InChI is InChI=1S/C14H18ClNO4S/c15-21(18,19)10-9-16(13-7-4-8-13)14(17)20-11-12-5-2-1-3-6-12/h1-3,5-6,13H,4,7-11H2. The van der Waals surface area contributed by atoms with Crippen LogP contribution in [0.5, 0.6) is 0 Å². The van der Waals surface area contributed by atoms with Gasteiger partial charge in [0.1, 0.15) is 6.61 Å². The zero-order chi connectivity index (χ0) is 15.3. The molecule has 1 fully saturated rings. The molecule has 0 radical (unpaired) electrons. The fourth-order valence-corrected chi connectivity index (χ4v) is 2.75. The van der Waals surface area contributed by atoms with Crippen LogP contribution in [0, 0.1) is 0 Å². The van der Waals surface area contributed by atoms with E-state index in [1.807, 2.05) is 30.3 Å². The van der Waals surface area contributed by atoms with Crippen molar-refractivity contribution in [3.8, 4) is 0 Å². The van der Waals surface area contributed by atoms with E-state index in [0.29, 0.717) is 0 Å². The number of ether oxygens (including phenoxy) is 1. The first-order chi connectivity index (χ1) is 9.96. The molecule has 1 saturated carbocycles. The van der Waals surface area contributed by atoms with E-state index in [4.69, 9.17) is 15.4 Å². The van der Waals surface area contributed by atoms with Crippen molar-refractivity contribution in [2.24, 2.45) is 0 Å². The van der Waals surface area contributed by atoms with E-state index in [2.05, 4.69) is 0 Å². The summed E-state index contributed by atoms with van der Waals surface area (Å²) in [5.74, 6) is -0.258. The minimum atomic E-state index is -3.61. The lowest BCUT2D eigenvalue weighted by Crippen LogP contribution is -2.46. The molecule has 0 atom stereocenters. The number of halogens is 1. The Balaban J connectivity index is 1.91. The molecule has 0 bridgehead atoms. The molecule has 1 aromatic rings.